The lowest BCUT2D eigenvalue weighted by Crippen LogP contribution is -2.25. The van der Waals surface area contributed by atoms with Gasteiger partial charge in [0, 0.05) is 24.2 Å². The van der Waals surface area contributed by atoms with Crippen LogP contribution in [0, 0.1) is 0 Å². The van der Waals surface area contributed by atoms with Crippen molar-refractivity contribution in [1.29, 1.82) is 0 Å². The normalized spacial score (nSPS) is 10.5. The topological polar surface area (TPSA) is 84.0 Å². The summed E-state index contributed by atoms with van der Waals surface area (Å²) < 4.78 is 0. The molecule has 3 aromatic rings. The van der Waals surface area contributed by atoms with Crippen molar-refractivity contribution in [3.8, 4) is 0 Å². The van der Waals surface area contributed by atoms with Gasteiger partial charge in [0.1, 0.15) is 5.01 Å². The van der Waals surface area contributed by atoms with Crippen LogP contribution in [-0.2, 0) is 12.8 Å². The van der Waals surface area contributed by atoms with E-state index >= 15 is 0 Å². The van der Waals surface area contributed by atoms with Gasteiger partial charge in [0.15, 0.2) is 0 Å². The van der Waals surface area contributed by atoms with Gasteiger partial charge in [-0.25, -0.2) is 0 Å². The summed E-state index contributed by atoms with van der Waals surface area (Å²) in [4.78, 5) is 24.7. The van der Waals surface area contributed by atoms with Gasteiger partial charge in [0.2, 0.25) is 5.01 Å². The summed E-state index contributed by atoms with van der Waals surface area (Å²) in [6.45, 7) is 2.65. The van der Waals surface area contributed by atoms with Gasteiger partial charge in [0.25, 0.3) is 11.8 Å². The predicted molar refractivity (Wildman–Crippen MR) is 115 cm³/mol. The number of carbonyl (C=O) groups excluding carboxylic acids is 2. The first-order valence-corrected chi connectivity index (χ1v) is 10.5. The number of anilines is 1. The third-order valence-electron chi connectivity index (χ3n) is 4.28. The molecular weight excluding hydrogens is 384 g/mol. The lowest BCUT2D eigenvalue weighted by atomic mass is 10.1. The molecule has 7 heteroatoms. The standard InChI is InChI=1S/C22H24N4O2S/c1-2-8-19-25-26-22(29-19)21(28)24-18-13-6-12-17(15-18)20(27)23-14-7-11-16-9-4-3-5-10-16/h3-6,9-10,12-13,15H,2,7-8,11,14H2,1H3,(H,23,27)(H,24,28). The van der Waals surface area contributed by atoms with E-state index in [4.69, 9.17) is 0 Å². The molecular formula is C22H24N4O2S. The average Bonchev–Trinajstić information content (AvgIpc) is 3.21. The Labute approximate surface area is 174 Å². The molecule has 1 aromatic heterocycles. The molecule has 0 atom stereocenters. The van der Waals surface area contributed by atoms with Crippen molar-refractivity contribution >= 4 is 28.8 Å². The van der Waals surface area contributed by atoms with E-state index in [9.17, 15) is 9.59 Å². The van der Waals surface area contributed by atoms with Gasteiger partial charge in [-0.15, -0.1) is 10.2 Å². The molecule has 0 saturated heterocycles. The van der Waals surface area contributed by atoms with E-state index in [1.54, 1.807) is 24.3 Å². The Morgan fingerprint density at radius 3 is 2.59 bits per heavy atom. The van der Waals surface area contributed by atoms with Gasteiger partial charge in [-0.05, 0) is 43.0 Å². The fraction of sp³-hybridized carbons (Fsp3) is 0.273. The number of aryl methyl sites for hydroxylation is 2. The van der Waals surface area contributed by atoms with Crippen molar-refractivity contribution in [2.24, 2.45) is 0 Å². The molecule has 0 radical (unpaired) electrons. The number of rotatable bonds is 9. The fourth-order valence-electron chi connectivity index (χ4n) is 2.82. The minimum absolute atomic E-state index is 0.157. The summed E-state index contributed by atoms with van der Waals surface area (Å²) in [5, 5.41) is 14.8. The van der Waals surface area contributed by atoms with Crippen LogP contribution in [0.2, 0.25) is 0 Å². The smallest absolute Gasteiger partial charge is 0.286 e. The minimum atomic E-state index is -0.315. The number of hydrogen-bond donors (Lipinski definition) is 2. The number of nitrogens with zero attached hydrogens (tertiary/aromatic N) is 2. The van der Waals surface area contributed by atoms with Crippen molar-refractivity contribution in [1.82, 2.24) is 15.5 Å². The van der Waals surface area contributed by atoms with Crippen molar-refractivity contribution in [2.45, 2.75) is 32.6 Å². The van der Waals surface area contributed by atoms with E-state index in [-0.39, 0.29) is 11.8 Å². The summed E-state index contributed by atoms with van der Waals surface area (Å²) in [6, 6.07) is 17.1. The average molecular weight is 409 g/mol. The number of benzene rings is 2. The molecule has 2 N–H and O–H groups in total. The number of hydrogen-bond acceptors (Lipinski definition) is 5. The molecule has 0 aliphatic rings. The Kier molecular flexibility index (Phi) is 7.47. The molecule has 150 valence electrons. The molecule has 0 spiro atoms. The highest BCUT2D eigenvalue weighted by Crippen LogP contribution is 2.16. The zero-order chi connectivity index (χ0) is 20.5. The van der Waals surface area contributed by atoms with Crippen molar-refractivity contribution < 1.29 is 9.59 Å². The first kappa shape index (κ1) is 20.7. The zero-order valence-electron chi connectivity index (χ0n) is 16.4. The molecule has 0 fully saturated rings. The number of amides is 2. The molecule has 0 aliphatic heterocycles. The molecule has 0 aliphatic carbocycles. The lowest BCUT2D eigenvalue weighted by molar-refractivity contribution is 0.0951. The molecule has 2 aromatic carbocycles. The molecule has 2 amide bonds. The molecule has 0 bridgehead atoms. The second kappa shape index (κ2) is 10.5. The third kappa shape index (κ3) is 6.22. The molecule has 0 saturated carbocycles. The van der Waals surface area contributed by atoms with Gasteiger partial charge < -0.3 is 10.6 Å². The van der Waals surface area contributed by atoms with Gasteiger partial charge in [-0.3, -0.25) is 9.59 Å². The van der Waals surface area contributed by atoms with Gasteiger partial charge in [0.05, 0.1) is 0 Å². The highest BCUT2D eigenvalue weighted by molar-refractivity contribution is 7.13. The Morgan fingerprint density at radius 2 is 1.79 bits per heavy atom. The maximum absolute atomic E-state index is 12.4. The van der Waals surface area contributed by atoms with E-state index in [1.165, 1.54) is 16.9 Å². The first-order chi connectivity index (χ1) is 14.2. The highest BCUT2D eigenvalue weighted by Gasteiger charge is 2.14. The monoisotopic (exact) mass is 408 g/mol. The van der Waals surface area contributed by atoms with Crippen LogP contribution < -0.4 is 10.6 Å². The fourth-order valence-corrected chi connectivity index (χ4v) is 3.66. The van der Waals surface area contributed by atoms with Crippen molar-refractivity contribution in [2.75, 3.05) is 11.9 Å². The molecule has 1 heterocycles. The maximum Gasteiger partial charge on any atom is 0.286 e. The van der Waals surface area contributed by atoms with Crippen LogP contribution in [0.4, 0.5) is 5.69 Å². The SMILES string of the molecule is CCCc1nnc(C(=O)Nc2cccc(C(=O)NCCCc3ccccc3)c2)s1. The molecule has 29 heavy (non-hydrogen) atoms. The number of carbonyl (C=O) groups is 2. The molecule has 3 rings (SSSR count). The summed E-state index contributed by atoms with van der Waals surface area (Å²) >= 11 is 1.29. The largest absolute Gasteiger partial charge is 0.352 e. The summed E-state index contributed by atoms with van der Waals surface area (Å²) in [5.74, 6) is -0.472. The van der Waals surface area contributed by atoms with Crippen LogP contribution in [0.1, 0.15) is 50.5 Å². The van der Waals surface area contributed by atoms with Crippen LogP contribution in [0.25, 0.3) is 0 Å². The van der Waals surface area contributed by atoms with Crippen molar-refractivity contribution in [3.63, 3.8) is 0 Å². The minimum Gasteiger partial charge on any atom is -0.352 e. The zero-order valence-corrected chi connectivity index (χ0v) is 17.2. The second-order valence-corrected chi connectivity index (χ2v) is 7.69. The molecule has 6 nitrogen and oxygen atoms in total. The predicted octanol–water partition coefficient (Wildman–Crippen LogP) is 4.11. The van der Waals surface area contributed by atoms with Crippen LogP contribution in [0.3, 0.4) is 0 Å². The van der Waals surface area contributed by atoms with Gasteiger partial charge in [-0.2, -0.15) is 0 Å². The summed E-state index contributed by atoms with van der Waals surface area (Å²) in [6.07, 6.45) is 3.55. The second-order valence-electron chi connectivity index (χ2n) is 6.63. The van der Waals surface area contributed by atoms with Crippen LogP contribution in [0.5, 0.6) is 0 Å². The van der Waals surface area contributed by atoms with Gasteiger partial charge in [-0.1, -0.05) is 54.7 Å². The number of aromatic nitrogens is 2. The van der Waals surface area contributed by atoms with Gasteiger partial charge >= 0.3 is 0 Å². The van der Waals surface area contributed by atoms with E-state index in [2.05, 4.69) is 39.9 Å². The summed E-state index contributed by atoms with van der Waals surface area (Å²) in [5.41, 5.74) is 2.32. The van der Waals surface area contributed by atoms with E-state index in [0.29, 0.717) is 22.8 Å². The third-order valence-corrected chi connectivity index (χ3v) is 5.26. The number of nitrogens with one attached hydrogen (secondary N) is 2. The Bertz CT molecular complexity index is 956. The summed E-state index contributed by atoms with van der Waals surface area (Å²) in [7, 11) is 0. The Balaban J connectivity index is 1.51. The lowest BCUT2D eigenvalue weighted by Gasteiger charge is -2.08. The quantitative estimate of drug-likeness (QED) is 0.522. The Hall–Kier alpha value is -3.06. The van der Waals surface area contributed by atoms with Crippen LogP contribution >= 0.6 is 11.3 Å². The highest BCUT2D eigenvalue weighted by atomic mass is 32.1. The molecule has 0 unspecified atom stereocenters. The van der Waals surface area contributed by atoms with Crippen LogP contribution in [0.15, 0.2) is 54.6 Å². The van der Waals surface area contributed by atoms with Crippen molar-refractivity contribution in [3.05, 3.63) is 75.7 Å². The van der Waals surface area contributed by atoms with E-state index in [1.807, 2.05) is 18.2 Å². The van der Waals surface area contributed by atoms with Crippen LogP contribution in [-0.4, -0.2) is 28.6 Å². The van der Waals surface area contributed by atoms with E-state index < -0.39 is 0 Å². The maximum atomic E-state index is 12.4. The van der Waals surface area contributed by atoms with E-state index in [0.717, 1.165) is 30.7 Å². The first-order valence-electron chi connectivity index (χ1n) is 9.71. The Morgan fingerprint density at radius 1 is 0.966 bits per heavy atom.